The molecule has 3 rings (SSSR count). The van der Waals surface area contributed by atoms with Crippen molar-refractivity contribution in [1.29, 1.82) is 0 Å². The van der Waals surface area contributed by atoms with Crippen LogP contribution in [0.5, 0.6) is 0 Å². The second-order valence-corrected chi connectivity index (χ2v) is 7.06. The van der Waals surface area contributed by atoms with Crippen LogP contribution in [0.2, 0.25) is 0 Å². The van der Waals surface area contributed by atoms with E-state index in [4.69, 9.17) is 0 Å². The van der Waals surface area contributed by atoms with Crippen molar-refractivity contribution in [2.24, 2.45) is 5.92 Å². The molecular weight excluding hydrogens is 344 g/mol. The Morgan fingerprint density at radius 3 is 2.60 bits per heavy atom. The highest BCUT2D eigenvalue weighted by atomic mass is 32.1. The summed E-state index contributed by atoms with van der Waals surface area (Å²) in [6.07, 6.45) is 2.14. The van der Waals surface area contributed by atoms with E-state index in [1.54, 1.807) is 16.2 Å². The third kappa shape index (κ3) is 4.31. The van der Waals surface area contributed by atoms with Crippen LogP contribution >= 0.6 is 11.3 Å². The Morgan fingerprint density at radius 1 is 1.16 bits per heavy atom. The Labute approximate surface area is 149 Å². The molecule has 0 radical (unpaired) electrons. The standard InChI is InChI=1S/C19H19F2NO2S/c20-15-2-3-17(21)16(11-15)19(24)14-5-8-22(9-6-14)18(23)4-1-13-7-10-25-12-13/h2-3,7,10-12,14H,1,4-6,8-9H2. The number of halogens is 2. The zero-order chi connectivity index (χ0) is 17.8. The Kier molecular flexibility index (Phi) is 5.58. The maximum absolute atomic E-state index is 13.8. The van der Waals surface area contributed by atoms with E-state index in [0.29, 0.717) is 32.4 Å². The van der Waals surface area contributed by atoms with Crippen LogP contribution in [0.1, 0.15) is 35.2 Å². The molecule has 0 N–H and O–H groups in total. The number of benzene rings is 1. The molecule has 0 bridgehead atoms. The third-order valence-corrected chi connectivity index (χ3v) is 5.35. The van der Waals surface area contributed by atoms with Crippen LogP contribution in [0.3, 0.4) is 0 Å². The van der Waals surface area contributed by atoms with Crippen LogP contribution < -0.4 is 0 Å². The number of piperidine rings is 1. The first-order valence-electron chi connectivity index (χ1n) is 8.32. The molecule has 1 aliphatic rings. The fraction of sp³-hybridized carbons (Fsp3) is 0.368. The van der Waals surface area contributed by atoms with Gasteiger partial charge >= 0.3 is 0 Å². The number of hydrogen-bond acceptors (Lipinski definition) is 3. The van der Waals surface area contributed by atoms with Crippen LogP contribution in [-0.2, 0) is 11.2 Å². The molecule has 0 saturated carbocycles. The Bertz CT molecular complexity index is 753. The summed E-state index contributed by atoms with van der Waals surface area (Å²) in [6.45, 7) is 0.964. The number of ketones is 1. The molecule has 0 atom stereocenters. The summed E-state index contributed by atoms with van der Waals surface area (Å²) >= 11 is 1.61. The number of carbonyl (C=O) groups is 2. The molecule has 0 spiro atoms. The van der Waals surface area contributed by atoms with Gasteiger partial charge in [0.2, 0.25) is 5.91 Å². The van der Waals surface area contributed by atoms with Crippen molar-refractivity contribution in [3.05, 3.63) is 57.8 Å². The second-order valence-electron chi connectivity index (χ2n) is 6.28. The smallest absolute Gasteiger partial charge is 0.222 e. The van der Waals surface area contributed by atoms with Crippen molar-refractivity contribution in [2.45, 2.75) is 25.7 Å². The van der Waals surface area contributed by atoms with Gasteiger partial charge in [-0.2, -0.15) is 11.3 Å². The summed E-state index contributed by atoms with van der Waals surface area (Å²) in [4.78, 5) is 26.5. The van der Waals surface area contributed by atoms with Crippen LogP contribution in [0.4, 0.5) is 8.78 Å². The van der Waals surface area contributed by atoms with Gasteiger partial charge in [-0.25, -0.2) is 8.78 Å². The van der Waals surface area contributed by atoms with Gasteiger partial charge in [-0.1, -0.05) is 0 Å². The van der Waals surface area contributed by atoms with E-state index in [2.05, 4.69) is 0 Å². The first kappa shape index (κ1) is 17.7. The van der Waals surface area contributed by atoms with E-state index in [-0.39, 0.29) is 23.2 Å². The highest BCUT2D eigenvalue weighted by Crippen LogP contribution is 2.24. The molecule has 1 aliphatic heterocycles. The average Bonchev–Trinajstić information content (AvgIpc) is 3.15. The number of Topliss-reactive ketones (excluding diaryl/α,β-unsaturated/α-hetero) is 1. The second kappa shape index (κ2) is 7.87. The van der Waals surface area contributed by atoms with Crippen LogP contribution in [-0.4, -0.2) is 29.7 Å². The maximum Gasteiger partial charge on any atom is 0.222 e. The van der Waals surface area contributed by atoms with Crippen LogP contribution in [0.25, 0.3) is 0 Å². The largest absolute Gasteiger partial charge is 0.343 e. The maximum atomic E-state index is 13.8. The summed E-state index contributed by atoms with van der Waals surface area (Å²) < 4.78 is 27.0. The summed E-state index contributed by atoms with van der Waals surface area (Å²) in [7, 11) is 0. The number of hydrogen-bond donors (Lipinski definition) is 0. The number of amides is 1. The minimum Gasteiger partial charge on any atom is -0.343 e. The summed E-state index contributed by atoms with van der Waals surface area (Å²) in [5.41, 5.74) is 0.965. The first-order valence-corrected chi connectivity index (χ1v) is 9.27. The molecule has 2 heterocycles. The molecule has 2 aromatic rings. The van der Waals surface area contributed by atoms with Crippen molar-refractivity contribution in [3.63, 3.8) is 0 Å². The van der Waals surface area contributed by atoms with E-state index in [9.17, 15) is 18.4 Å². The Balaban J connectivity index is 1.53. The quantitative estimate of drug-likeness (QED) is 0.751. The number of aryl methyl sites for hydroxylation is 1. The lowest BCUT2D eigenvalue weighted by Gasteiger charge is -2.31. The van der Waals surface area contributed by atoms with Gasteiger partial charge in [0.15, 0.2) is 5.78 Å². The van der Waals surface area contributed by atoms with Crippen molar-refractivity contribution >= 4 is 23.0 Å². The molecule has 6 heteroatoms. The van der Waals surface area contributed by atoms with Crippen molar-refractivity contribution < 1.29 is 18.4 Å². The van der Waals surface area contributed by atoms with Crippen molar-refractivity contribution in [3.8, 4) is 0 Å². The number of thiophene rings is 1. The minimum atomic E-state index is -0.694. The van der Waals surface area contributed by atoms with Gasteiger partial charge in [0.1, 0.15) is 11.6 Å². The molecule has 1 fully saturated rings. The fourth-order valence-electron chi connectivity index (χ4n) is 3.14. The van der Waals surface area contributed by atoms with E-state index in [1.807, 2.05) is 16.8 Å². The van der Waals surface area contributed by atoms with Gasteiger partial charge in [-0.05, 0) is 59.9 Å². The van der Waals surface area contributed by atoms with Crippen LogP contribution in [0.15, 0.2) is 35.0 Å². The molecule has 1 amide bonds. The highest BCUT2D eigenvalue weighted by molar-refractivity contribution is 7.07. The SMILES string of the molecule is O=C(c1cc(F)ccc1F)C1CCN(C(=O)CCc2ccsc2)CC1. The minimum absolute atomic E-state index is 0.0778. The zero-order valence-electron chi connectivity index (χ0n) is 13.7. The number of likely N-dealkylation sites (tertiary alicyclic amines) is 1. The molecule has 0 unspecified atom stereocenters. The van der Waals surface area contributed by atoms with Gasteiger partial charge in [-0.3, -0.25) is 9.59 Å². The molecule has 0 aliphatic carbocycles. The highest BCUT2D eigenvalue weighted by Gasteiger charge is 2.29. The van der Waals surface area contributed by atoms with Gasteiger partial charge < -0.3 is 4.90 Å². The van der Waals surface area contributed by atoms with Gasteiger partial charge in [0, 0.05) is 25.4 Å². The lowest BCUT2D eigenvalue weighted by Crippen LogP contribution is -2.40. The van der Waals surface area contributed by atoms with E-state index in [1.165, 1.54) is 0 Å². The number of carbonyl (C=O) groups excluding carboxylic acids is 2. The molecule has 1 saturated heterocycles. The molecule has 132 valence electrons. The molecular formula is C19H19F2NO2S. The lowest BCUT2D eigenvalue weighted by atomic mass is 9.88. The zero-order valence-corrected chi connectivity index (χ0v) is 14.5. The molecule has 1 aromatic carbocycles. The van der Waals surface area contributed by atoms with Crippen molar-refractivity contribution in [2.75, 3.05) is 13.1 Å². The van der Waals surface area contributed by atoms with Gasteiger partial charge in [0.25, 0.3) is 0 Å². The van der Waals surface area contributed by atoms with E-state index >= 15 is 0 Å². The van der Waals surface area contributed by atoms with Crippen molar-refractivity contribution in [1.82, 2.24) is 4.90 Å². The first-order chi connectivity index (χ1) is 12.0. The normalized spacial score (nSPS) is 15.4. The molecule has 25 heavy (non-hydrogen) atoms. The number of nitrogens with zero attached hydrogens (tertiary/aromatic N) is 1. The van der Waals surface area contributed by atoms with E-state index in [0.717, 1.165) is 30.2 Å². The van der Waals surface area contributed by atoms with Crippen LogP contribution in [0, 0.1) is 17.6 Å². The molecule has 3 nitrogen and oxygen atoms in total. The number of rotatable bonds is 5. The van der Waals surface area contributed by atoms with E-state index < -0.39 is 11.6 Å². The fourth-order valence-corrected chi connectivity index (χ4v) is 3.84. The predicted molar refractivity (Wildman–Crippen MR) is 92.6 cm³/mol. The monoisotopic (exact) mass is 363 g/mol. The third-order valence-electron chi connectivity index (χ3n) is 4.62. The van der Waals surface area contributed by atoms with Gasteiger partial charge in [0.05, 0.1) is 5.56 Å². The lowest BCUT2D eigenvalue weighted by molar-refractivity contribution is -0.132. The predicted octanol–water partition coefficient (Wildman–Crippen LogP) is 4.08. The average molecular weight is 363 g/mol. The summed E-state index contributed by atoms with van der Waals surface area (Å²) in [5.74, 6) is -1.97. The molecule has 1 aromatic heterocycles. The van der Waals surface area contributed by atoms with Gasteiger partial charge in [-0.15, -0.1) is 0 Å². The summed E-state index contributed by atoms with van der Waals surface area (Å²) in [6, 6.07) is 4.94. The Hall–Kier alpha value is -2.08. The summed E-state index contributed by atoms with van der Waals surface area (Å²) in [5, 5.41) is 4.02. The Morgan fingerprint density at radius 2 is 1.92 bits per heavy atom. The topological polar surface area (TPSA) is 37.4 Å².